The predicted molar refractivity (Wildman–Crippen MR) is 110 cm³/mol. The van der Waals surface area contributed by atoms with Gasteiger partial charge in [-0.15, -0.1) is 0 Å². The Hall–Kier alpha value is -3.42. The molecule has 1 fully saturated rings. The number of carbonyl (C=O) groups is 2. The Morgan fingerprint density at radius 1 is 1.07 bits per heavy atom. The molecule has 2 amide bonds. The molecule has 1 aliphatic rings. The second-order valence-corrected chi connectivity index (χ2v) is 6.87. The third kappa shape index (κ3) is 4.37. The summed E-state index contributed by atoms with van der Waals surface area (Å²) < 4.78 is 0. The molecule has 3 rings (SSSR count). The van der Waals surface area contributed by atoms with E-state index >= 15 is 0 Å². The first-order chi connectivity index (χ1) is 13.9. The minimum absolute atomic E-state index is 0.0115. The van der Waals surface area contributed by atoms with Crippen molar-refractivity contribution in [3.63, 3.8) is 0 Å². The van der Waals surface area contributed by atoms with Gasteiger partial charge in [-0.2, -0.15) is 0 Å². The molecule has 1 heterocycles. The van der Waals surface area contributed by atoms with E-state index in [2.05, 4.69) is 12.2 Å². The van der Waals surface area contributed by atoms with Crippen molar-refractivity contribution < 1.29 is 14.5 Å². The molecular formula is C21H24N4O4. The summed E-state index contributed by atoms with van der Waals surface area (Å²) in [5, 5.41) is 13.6. The fourth-order valence-electron chi connectivity index (χ4n) is 3.45. The largest absolute Gasteiger partial charge is 0.367 e. The summed E-state index contributed by atoms with van der Waals surface area (Å²) >= 11 is 0. The number of nitrogens with zero attached hydrogens (tertiary/aromatic N) is 3. The highest BCUT2D eigenvalue weighted by Crippen LogP contribution is 2.27. The lowest BCUT2D eigenvalue weighted by atomic mass is 10.1. The average molecular weight is 396 g/mol. The number of carbonyl (C=O) groups excluding carboxylic acids is 2. The highest BCUT2D eigenvalue weighted by atomic mass is 16.6. The molecule has 0 bridgehead atoms. The molecule has 0 spiro atoms. The number of aryl methyl sites for hydroxylation is 1. The molecule has 152 valence electrons. The number of nitro benzene ring substituents is 1. The van der Waals surface area contributed by atoms with Gasteiger partial charge in [-0.3, -0.25) is 19.7 Å². The molecule has 0 aliphatic carbocycles. The first-order valence-corrected chi connectivity index (χ1v) is 9.58. The van der Waals surface area contributed by atoms with E-state index in [9.17, 15) is 19.7 Å². The zero-order valence-electron chi connectivity index (χ0n) is 16.6. The topological polar surface area (TPSA) is 95.8 Å². The third-order valence-electron chi connectivity index (χ3n) is 5.18. The number of nitro groups is 1. The van der Waals surface area contributed by atoms with Crippen molar-refractivity contribution in [1.29, 1.82) is 0 Å². The number of hydrogen-bond donors (Lipinski definition) is 1. The van der Waals surface area contributed by atoms with Crippen molar-refractivity contribution in [3.8, 4) is 0 Å². The first-order valence-electron chi connectivity index (χ1n) is 9.58. The van der Waals surface area contributed by atoms with Gasteiger partial charge in [0.25, 0.3) is 17.5 Å². The van der Waals surface area contributed by atoms with E-state index in [1.807, 2.05) is 29.2 Å². The number of nitrogens with one attached hydrogen (secondary N) is 1. The van der Waals surface area contributed by atoms with Crippen LogP contribution in [0.15, 0.2) is 42.5 Å². The Kier molecular flexibility index (Phi) is 6.11. The molecule has 0 unspecified atom stereocenters. The molecule has 8 nitrogen and oxygen atoms in total. The van der Waals surface area contributed by atoms with E-state index in [1.54, 1.807) is 11.0 Å². The number of piperazine rings is 1. The van der Waals surface area contributed by atoms with Crippen molar-refractivity contribution >= 4 is 23.2 Å². The molecule has 1 N–H and O–H groups in total. The molecule has 1 saturated heterocycles. The van der Waals surface area contributed by atoms with Crippen LogP contribution in [-0.4, -0.2) is 54.9 Å². The molecule has 0 saturated carbocycles. The number of hydrogen-bond acceptors (Lipinski definition) is 5. The Labute approximate surface area is 169 Å². The maximum atomic E-state index is 12.8. The van der Waals surface area contributed by atoms with Gasteiger partial charge in [0.1, 0.15) is 0 Å². The smallest absolute Gasteiger partial charge is 0.270 e. The van der Waals surface area contributed by atoms with Crippen molar-refractivity contribution in [2.75, 3.05) is 38.1 Å². The van der Waals surface area contributed by atoms with Gasteiger partial charge in [-0.05, 0) is 30.2 Å². The van der Waals surface area contributed by atoms with Crippen molar-refractivity contribution in [1.82, 2.24) is 10.2 Å². The summed E-state index contributed by atoms with van der Waals surface area (Å²) in [4.78, 5) is 39.3. The van der Waals surface area contributed by atoms with Crippen molar-refractivity contribution in [3.05, 3.63) is 69.3 Å². The molecular weight excluding hydrogens is 372 g/mol. The molecule has 29 heavy (non-hydrogen) atoms. The predicted octanol–water partition coefficient (Wildman–Crippen LogP) is 2.48. The fourth-order valence-corrected chi connectivity index (χ4v) is 3.45. The van der Waals surface area contributed by atoms with Gasteiger partial charge >= 0.3 is 0 Å². The average Bonchev–Trinajstić information content (AvgIpc) is 2.77. The lowest BCUT2D eigenvalue weighted by Gasteiger charge is -2.36. The quantitative estimate of drug-likeness (QED) is 0.619. The summed E-state index contributed by atoms with van der Waals surface area (Å²) in [7, 11) is 1.49. The minimum atomic E-state index is -0.517. The van der Waals surface area contributed by atoms with E-state index in [1.165, 1.54) is 24.7 Å². The number of anilines is 1. The second-order valence-electron chi connectivity index (χ2n) is 6.87. The van der Waals surface area contributed by atoms with Crippen LogP contribution in [0.25, 0.3) is 0 Å². The molecule has 0 atom stereocenters. The second kappa shape index (κ2) is 8.72. The zero-order valence-corrected chi connectivity index (χ0v) is 16.6. The highest BCUT2D eigenvalue weighted by Gasteiger charge is 2.26. The van der Waals surface area contributed by atoms with E-state index < -0.39 is 4.92 Å². The van der Waals surface area contributed by atoms with Crippen LogP contribution in [0.5, 0.6) is 0 Å². The van der Waals surface area contributed by atoms with Crippen LogP contribution in [0.3, 0.4) is 0 Å². The summed E-state index contributed by atoms with van der Waals surface area (Å²) in [6.45, 7) is 4.18. The lowest BCUT2D eigenvalue weighted by Crippen LogP contribution is -2.49. The Balaban J connectivity index is 1.73. The van der Waals surface area contributed by atoms with Gasteiger partial charge in [0.15, 0.2) is 0 Å². The zero-order chi connectivity index (χ0) is 21.0. The van der Waals surface area contributed by atoms with Crippen LogP contribution < -0.4 is 10.2 Å². The Morgan fingerprint density at radius 2 is 1.72 bits per heavy atom. The summed E-state index contributed by atoms with van der Waals surface area (Å²) in [6, 6.07) is 11.9. The molecule has 0 radical (unpaired) electrons. The first kappa shape index (κ1) is 20.3. The summed E-state index contributed by atoms with van der Waals surface area (Å²) in [5.41, 5.74) is 2.62. The van der Waals surface area contributed by atoms with Gasteiger partial charge in [0.05, 0.1) is 16.2 Å². The van der Waals surface area contributed by atoms with Gasteiger partial charge in [-0.25, -0.2) is 0 Å². The number of amides is 2. The van der Waals surface area contributed by atoms with E-state index in [0.717, 1.165) is 6.42 Å². The van der Waals surface area contributed by atoms with Crippen LogP contribution in [0.4, 0.5) is 11.4 Å². The van der Waals surface area contributed by atoms with Crippen LogP contribution in [0.1, 0.15) is 33.2 Å². The Bertz CT molecular complexity index is 919. The monoisotopic (exact) mass is 396 g/mol. The summed E-state index contributed by atoms with van der Waals surface area (Å²) in [5.74, 6) is -0.388. The van der Waals surface area contributed by atoms with E-state index in [0.29, 0.717) is 37.4 Å². The van der Waals surface area contributed by atoms with Crippen molar-refractivity contribution in [2.24, 2.45) is 0 Å². The molecule has 1 aliphatic heterocycles. The molecule has 2 aromatic carbocycles. The minimum Gasteiger partial charge on any atom is -0.367 e. The fraction of sp³-hybridized carbons (Fsp3) is 0.333. The summed E-state index contributed by atoms with van der Waals surface area (Å²) in [6.07, 6.45) is 0.927. The van der Waals surface area contributed by atoms with Crippen LogP contribution in [0.2, 0.25) is 0 Å². The van der Waals surface area contributed by atoms with Gasteiger partial charge < -0.3 is 15.1 Å². The molecule has 0 aromatic heterocycles. The standard InChI is InChI=1S/C21H24N4O4/c1-3-15-4-6-16(7-5-15)21(27)24-12-10-23(11-13-24)19-9-8-17(25(28)29)14-18(19)20(26)22-2/h4-9,14H,3,10-13H2,1-2H3,(H,22,26). The molecule has 8 heteroatoms. The molecule has 2 aromatic rings. The lowest BCUT2D eigenvalue weighted by molar-refractivity contribution is -0.384. The van der Waals surface area contributed by atoms with Gasteiger partial charge in [-0.1, -0.05) is 19.1 Å². The number of rotatable bonds is 5. The van der Waals surface area contributed by atoms with Crippen LogP contribution in [0, 0.1) is 10.1 Å². The highest BCUT2D eigenvalue weighted by molar-refractivity contribution is 6.00. The SMILES string of the molecule is CCc1ccc(C(=O)N2CCN(c3ccc([N+](=O)[O-])cc3C(=O)NC)CC2)cc1. The van der Waals surface area contributed by atoms with Gasteiger partial charge in [0, 0.05) is 50.9 Å². The van der Waals surface area contributed by atoms with E-state index in [4.69, 9.17) is 0 Å². The number of non-ortho nitro benzene ring substituents is 1. The normalized spacial score (nSPS) is 13.9. The maximum Gasteiger partial charge on any atom is 0.270 e. The third-order valence-corrected chi connectivity index (χ3v) is 5.18. The Morgan fingerprint density at radius 3 is 2.28 bits per heavy atom. The van der Waals surface area contributed by atoms with Crippen molar-refractivity contribution in [2.45, 2.75) is 13.3 Å². The van der Waals surface area contributed by atoms with Crippen LogP contribution in [-0.2, 0) is 6.42 Å². The van der Waals surface area contributed by atoms with Crippen LogP contribution >= 0.6 is 0 Å². The van der Waals surface area contributed by atoms with E-state index in [-0.39, 0.29) is 23.1 Å². The van der Waals surface area contributed by atoms with Gasteiger partial charge in [0.2, 0.25) is 0 Å². The number of benzene rings is 2. The maximum absolute atomic E-state index is 12.8.